The maximum absolute atomic E-state index is 12.2. The van der Waals surface area contributed by atoms with Crippen molar-refractivity contribution in [3.8, 4) is 0 Å². The van der Waals surface area contributed by atoms with Crippen molar-refractivity contribution in [1.29, 1.82) is 0 Å². The lowest BCUT2D eigenvalue weighted by Crippen LogP contribution is -2.46. The Bertz CT molecular complexity index is 702. The summed E-state index contributed by atoms with van der Waals surface area (Å²) in [6.45, 7) is 5.74. The second-order valence-electron chi connectivity index (χ2n) is 6.67. The van der Waals surface area contributed by atoms with E-state index in [1.165, 1.54) is 17.0 Å². The molecule has 0 unspecified atom stereocenters. The van der Waals surface area contributed by atoms with Crippen LogP contribution >= 0.6 is 0 Å². The zero-order valence-electron chi connectivity index (χ0n) is 16.1. The molecule has 0 aliphatic heterocycles. The number of hydrogen-bond acceptors (Lipinski definition) is 4. The predicted molar refractivity (Wildman–Crippen MR) is 100 cm³/mol. The lowest BCUT2D eigenvalue weighted by atomic mass is 10.0. The van der Waals surface area contributed by atoms with Gasteiger partial charge in [0, 0.05) is 24.7 Å². The van der Waals surface area contributed by atoms with Crippen LogP contribution in [-0.4, -0.2) is 59.9 Å². The quantitative estimate of drug-likeness (QED) is 0.596. The van der Waals surface area contributed by atoms with Crippen LogP contribution in [0.25, 0.3) is 0 Å². The summed E-state index contributed by atoms with van der Waals surface area (Å²) in [5, 5.41) is 14.0. The number of carbonyl (C=O) groups is 4. The van der Waals surface area contributed by atoms with Crippen molar-refractivity contribution in [3.05, 3.63) is 35.4 Å². The van der Waals surface area contributed by atoms with Crippen molar-refractivity contribution < 1.29 is 24.3 Å². The average Bonchev–Trinajstić information content (AvgIpc) is 2.63. The molecule has 8 heteroatoms. The van der Waals surface area contributed by atoms with Gasteiger partial charge in [-0.1, -0.05) is 19.9 Å². The van der Waals surface area contributed by atoms with E-state index in [4.69, 9.17) is 5.11 Å². The van der Waals surface area contributed by atoms with Crippen LogP contribution < -0.4 is 10.6 Å². The average molecular weight is 377 g/mol. The Balaban J connectivity index is 2.67. The lowest BCUT2D eigenvalue weighted by molar-refractivity contribution is -0.142. The maximum Gasteiger partial charge on any atom is 0.326 e. The molecular weight excluding hydrogens is 350 g/mol. The number of rotatable bonds is 9. The largest absolute Gasteiger partial charge is 0.480 e. The maximum atomic E-state index is 12.2. The minimum atomic E-state index is -1.12. The molecule has 8 nitrogen and oxygen atoms in total. The molecule has 1 aromatic carbocycles. The highest BCUT2D eigenvalue weighted by Gasteiger charge is 2.21. The van der Waals surface area contributed by atoms with Crippen molar-refractivity contribution in [1.82, 2.24) is 15.5 Å². The number of nitrogens with one attached hydrogen (secondary N) is 2. The Morgan fingerprint density at radius 2 is 1.78 bits per heavy atom. The number of carbonyl (C=O) groups excluding carboxylic acids is 3. The van der Waals surface area contributed by atoms with Crippen LogP contribution in [0, 0.1) is 5.92 Å². The zero-order chi connectivity index (χ0) is 20.6. The molecule has 1 rings (SSSR count). The third-order valence-corrected chi connectivity index (χ3v) is 3.94. The predicted octanol–water partition coefficient (Wildman–Crippen LogP) is 1.12. The number of aliphatic carboxylic acids is 1. The summed E-state index contributed by atoms with van der Waals surface area (Å²) in [7, 11) is 1.66. The van der Waals surface area contributed by atoms with Crippen LogP contribution in [0.3, 0.4) is 0 Å². The van der Waals surface area contributed by atoms with Gasteiger partial charge in [0.1, 0.15) is 6.04 Å². The van der Waals surface area contributed by atoms with Crippen molar-refractivity contribution >= 4 is 23.7 Å². The SMILES string of the molecule is CCN(C)C(=O)c1cccc(C(=O)NCC(=O)N[C@@H](CC(C)C)C(=O)O)c1. The molecule has 0 saturated heterocycles. The van der Waals surface area contributed by atoms with Gasteiger partial charge in [0.15, 0.2) is 0 Å². The Labute approximate surface area is 158 Å². The van der Waals surface area contributed by atoms with E-state index in [1.54, 1.807) is 19.2 Å². The number of carboxylic acids is 1. The number of nitrogens with zero attached hydrogens (tertiary/aromatic N) is 1. The monoisotopic (exact) mass is 377 g/mol. The summed E-state index contributed by atoms with van der Waals surface area (Å²) in [5.74, 6) is -2.33. The summed E-state index contributed by atoms with van der Waals surface area (Å²) in [5.41, 5.74) is 0.620. The van der Waals surface area contributed by atoms with Gasteiger partial charge in [0.25, 0.3) is 11.8 Å². The Morgan fingerprint density at radius 3 is 2.33 bits per heavy atom. The van der Waals surface area contributed by atoms with E-state index >= 15 is 0 Å². The first-order chi connectivity index (χ1) is 12.6. The Hall–Kier alpha value is -2.90. The topological polar surface area (TPSA) is 116 Å². The van der Waals surface area contributed by atoms with E-state index in [0.29, 0.717) is 18.5 Å². The smallest absolute Gasteiger partial charge is 0.326 e. The molecule has 27 heavy (non-hydrogen) atoms. The van der Waals surface area contributed by atoms with E-state index in [2.05, 4.69) is 10.6 Å². The normalized spacial score (nSPS) is 11.6. The van der Waals surface area contributed by atoms with Crippen molar-refractivity contribution in [2.45, 2.75) is 33.2 Å². The van der Waals surface area contributed by atoms with E-state index in [1.807, 2.05) is 20.8 Å². The second-order valence-corrected chi connectivity index (χ2v) is 6.67. The zero-order valence-corrected chi connectivity index (χ0v) is 16.1. The highest BCUT2D eigenvalue weighted by molar-refractivity contribution is 6.00. The fourth-order valence-corrected chi connectivity index (χ4v) is 2.36. The number of hydrogen-bond donors (Lipinski definition) is 3. The molecular formula is C19H27N3O5. The van der Waals surface area contributed by atoms with E-state index in [0.717, 1.165) is 0 Å². The summed E-state index contributed by atoms with van der Waals surface area (Å²) < 4.78 is 0. The Kier molecular flexibility index (Phi) is 8.44. The van der Waals surface area contributed by atoms with Crippen molar-refractivity contribution in [2.24, 2.45) is 5.92 Å². The lowest BCUT2D eigenvalue weighted by Gasteiger charge is -2.17. The highest BCUT2D eigenvalue weighted by atomic mass is 16.4. The van der Waals surface area contributed by atoms with Gasteiger partial charge in [-0.3, -0.25) is 14.4 Å². The first-order valence-electron chi connectivity index (χ1n) is 8.81. The molecule has 0 fully saturated rings. The summed E-state index contributed by atoms with van der Waals surface area (Å²) in [4.78, 5) is 49.0. The summed E-state index contributed by atoms with van der Waals surface area (Å²) in [6, 6.07) is 5.20. The molecule has 0 radical (unpaired) electrons. The molecule has 3 amide bonds. The first kappa shape index (κ1) is 22.1. The molecule has 0 bridgehead atoms. The highest BCUT2D eigenvalue weighted by Crippen LogP contribution is 2.08. The van der Waals surface area contributed by atoms with E-state index < -0.39 is 23.8 Å². The van der Waals surface area contributed by atoms with Gasteiger partial charge >= 0.3 is 5.97 Å². The molecule has 0 aromatic heterocycles. The van der Waals surface area contributed by atoms with Crippen LogP contribution in [0.5, 0.6) is 0 Å². The summed E-state index contributed by atoms with van der Waals surface area (Å²) >= 11 is 0. The van der Waals surface area contributed by atoms with Gasteiger partial charge in [0.05, 0.1) is 6.54 Å². The molecule has 0 spiro atoms. The number of carboxylic acid groups (broad SMARTS) is 1. The molecule has 3 N–H and O–H groups in total. The molecule has 0 heterocycles. The van der Waals surface area contributed by atoms with Crippen LogP contribution in [0.4, 0.5) is 0 Å². The van der Waals surface area contributed by atoms with Crippen LogP contribution in [0.1, 0.15) is 47.9 Å². The van der Waals surface area contributed by atoms with Gasteiger partial charge < -0.3 is 20.6 Å². The van der Waals surface area contributed by atoms with Crippen molar-refractivity contribution in [2.75, 3.05) is 20.1 Å². The van der Waals surface area contributed by atoms with Gasteiger partial charge in [-0.05, 0) is 37.5 Å². The minimum absolute atomic E-state index is 0.0996. The van der Waals surface area contributed by atoms with Gasteiger partial charge in [-0.25, -0.2) is 4.79 Å². The summed E-state index contributed by atoms with van der Waals surface area (Å²) in [6.07, 6.45) is 0.296. The number of benzene rings is 1. The van der Waals surface area contributed by atoms with Crippen LogP contribution in [0.15, 0.2) is 24.3 Å². The van der Waals surface area contributed by atoms with Crippen LogP contribution in [0.2, 0.25) is 0 Å². The molecule has 0 saturated carbocycles. The van der Waals surface area contributed by atoms with E-state index in [9.17, 15) is 19.2 Å². The molecule has 148 valence electrons. The molecule has 1 aromatic rings. The molecule has 0 aliphatic carbocycles. The molecule has 0 aliphatic rings. The van der Waals surface area contributed by atoms with Crippen molar-refractivity contribution in [3.63, 3.8) is 0 Å². The van der Waals surface area contributed by atoms with Gasteiger partial charge in [-0.15, -0.1) is 0 Å². The minimum Gasteiger partial charge on any atom is -0.480 e. The standard InChI is InChI=1S/C19H27N3O5/c1-5-22(4)18(25)14-8-6-7-13(10-14)17(24)20-11-16(23)21-15(19(26)27)9-12(2)3/h6-8,10,12,15H,5,9,11H2,1-4H3,(H,20,24)(H,21,23)(H,26,27)/t15-/m0/s1. The van der Waals surface area contributed by atoms with Gasteiger partial charge in [0.2, 0.25) is 5.91 Å². The second kappa shape index (κ2) is 10.3. The van der Waals surface area contributed by atoms with Crippen LogP contribution in [-0.2, 0) is 9.59 Å². The molecule has 1 atom stereocenters. The van der Waals surface area contributed by atoms with Gasteiger partial charge in [-0.2, -0.15) is 0 Å². The fraction of sp³-hybridized carbons (Fsp3) is 0.474. The third-order valence-electron chi connectivity index (χ3n) is 3.94. The number of amides is 3. The third kappa shape index (κ3) is 7.08. The first-order valence-corrected chi connectivity index (χ1v) is 8.81. The van der Waals surface area contributed by atoms with E-state index in [-0.39, 0.29) is 23.9 Å². The Morgan fingerprint density at radius 1 is 1.15 bits per heavy atom. The fourth-order valence-electron chi connectivity index (χ4n) is 2.36.